The number of carbonyl (C=O) groups excluding carboxylic acids is 1. The number of hydrogen-bond donors (Lipinski definition) is 1. The van der Waals surface area contributed by atoms with Crippen LogP contribution < -0.4 is 14.8 Å². The number of nitrogens with one attached hydrogen (secondary N) is 1. The molecule has 1 aliphatic heterocycles. The molecular formula is C25H28N4O4. The largest absolute Gasteiger partial charge is 0.497 e. The number of pyridine rings is 2. The number of rotatable bonds is 7. The number of morpholine rings is 1. The monoisotopic (exact) mass is 448 g/mol. The van der Waals surface area contributed by atoms with Crippen molar-refractivity contribution in [2.75, 3.05) is 46.3 Å². The molecule has 172 valence electrons. The minimum Gasteiger partial charge on any atom is -0.497 e. The molecule has 1 aromatic carbocycles. The predicted molar refractivity (Wildman–Crippen MR) is 125 cm³/mol. The molecule has 0 bridgehead atoms. The molecule has 3 heterocycles. The van der Waals surface area contributed by atoms with Gasteiger partial charge in [-0.25, -0.2) is 4.98 Å². The molecule has 1 atom stereocenters. The van der Waals surface area contributed by atoms with Crippen LogP contribution in [0.4, 0.5) is 5.82 Å². The highest BCUT2D eigenvalue weighted by atomic mass is 16.5. The molecule has 0 radical (unpaired) electrons. The maximum atomic E-state index is 13.0. The number of hydrogen-bond acceptors (Lipinski definition) is 7. The van der Waals surface area contributed by atoms with Crippen LogP contribution in [-0.4, -0.2) is 61.7 Å². The van der Waals surface area contributed by atoms with Crippen molar-refractivity contribution < 1.29 is 19.0 Å². The fourth-order valence-corrected chi connectivity index (χ4v) is 3.87. The Morgan fingerprint density at radius 2 is 2.03 bits per heavy atom. The quantitative estimate of drug-likeness (QED) is 0.593. The van der Waals surface area contributed by atoms with Gasteiger partial charge in [0.25, 0.3) is 5.91 Å². The van der Waals surface area contributed by atoms with E-state index in [9.17, 15) is 4.79 Å². The second-order valence-electron chi connectivity index (χ2n) is 7.74. The van der Waals surface area contributed by atoms with Gasteiger partial charge < -0.3 is 24.4 Å². The molecule has 0 spiro atoms. The van der Waals surface area contributed by atoms with Crippen molar-refractivity contribution in [1.82, 2.24) is 14.9 Å². The lowest BCUT2D eigenvalue weighted by atomic mass is 10.0. The number of aromatic nitrogens is 2. The van der Waals surface area contributed by atoms with Crippen LogP contribution in [0.1, 0.15) is 33.3 Å². The maximum absolute atomic E-state index is 13.0. The third kappa shape index (κ3) is 5.23. The van der Waals surface area contributed by atoms with Crippen LogP contribution in [0.3, 0.4) is 0 Å². The topological polar surface area (TPSA) is 85.8 Å². The number of amides is 1. The van der Waals surface area contributed by atoms with Gasteiger partial charge in [0.1, 0.15) is 23.4 Å². The molecule has 33 heavy (non-hydrogen) atoms. The molecule has 0 unspecified atom stereocenters. The number of carbonyl (C=O) groups is 1. The fraction of sp³-hybridized carbons (Fsp3) is 0.320. The summed E-state index contributed by atoms with van der Waals surface area (Å²) >= 11 is 0. The Balaban J connectivity index is 1.45. The number of ether oxygens (including phenoxy) is 3. The fourth-order valence-electron chi connectivity index (χ4n) is 3.87. The van der Waals surface area contributed by atoms with Crippen molar-refractivity contribution in [1.29, 1.82) is 0 Å². The first kappa shape index (κ1) is 22.5. The van der Waals surface area contributed by atoms with E-state index in [1.54, 1.807) is 44.5 Å². The summed E-state index contributed by atoms with van der Waals surface area (Å²) in [6, 6.07) is 13.2. The highest BCUT2D eigenvalue weighted by Crippen LogP contribution is 2.27. The van der Waals surface area contributed by atoms with Crippen LogP contribution in [0.5, 0.6) is 11.5 Å². The molecule has 8 heteroatoms. The average Bonchev–Trinajstić information content (AvgIpc) is 2.88. The first-order chi connectivity index (χ1) is 16.1. The Bertz CT molecular complexity index is 1100. The van der Waals surface area contributed by atoms with Crippen LogP contribution in [-0.2, 0) is 11.2 Å². The molecule has 1 saturated heterocycles. The molecule has 1 fully saturated rings. The van der Waals surface area contributed by atoms with Crippen LogP contribution in [0.15, 0.2) is 54.9 Å². The average molecular weight is 449 g/mol. The standard InChI is InChI=1S/C25H28N4O4/c1-26-24-14-18(8-9-27-24)25(30)29-10-11-33-23(16-29)21-6-4-17(15-28-21)12-19-13-20(31-2)5-7-22(19)32-3/h4-9,13-15,23H,10-12,16H2,1-3H3,(H,26,27)/t23-/m0/s1. The Hall–Kier alpha value is -3.65. The van der Waals surface area contributed by atoms with Gasteiger partial charge in [0.05, 0.1) is 33.1 Å². The molecule has 1 aliphatic rings. The summed E-state index contributed by atoms with van der Waals surface area (Å²) in [6.45, 7) is 1.46. The Morgan fingerprint density at radius 1 is 1.15 bits per heavy atom. The van der Waals surface area contributed by atoms with E-state index in [0.29, 0.717) is 37.5 Å². The molecule has 4 rings (SSSR count). The smallest absolute Gasteiger partial charge is 0.254 e. The predicted octanol–water partition coefficient (Wildman–Crippen LogP) is 3.34. The summed E-state index contributed by atoms with van der Waals surface area (Å²) in [5, 5.41) is 2.96. The van der Waals surface area contributed by atoms with E-state index in [1.807, 2.05) is 36.5 Å². The molecule has 8 nitrogen and oxygen atoms in total. The zero-order valence-corrected chi connectivity index (χ0v) is 19.1. The lowest BCUT2D eigenvalue weighted by Crippen LogP contribution is -2.42. The van der Waals surface area contributed by atoms with E-state index < -0.39 is 0 Å². The zero-order valence-electron chi connectivity index (χ0n) is 19.1. The molecule has 0 aliphatic carbocycles. The van der Waals surface area contributed by atoms with Gasteiger partial charge >= 0.3 is 0 Å². The summed E-state index contributed by atoms with van der Waals surface area (Å²) < 4.78 is 16.8. The second kappa shape index (κ2) is 10.3. The number of nitrogens with zero attached hydrogens (tertiary/aromatic N) is 3. The Kier molecular flexibility index (Phi) is 7.04. The van der Waals surface area contributed by atoms with E-state index in [0.717, 1.165) is 28.3 Å². The maximum Gasteiger partial charge on any atom is 0.254 e. The number of anilines is 1. The third-order valence-corrected chi connectivity index (χ3v) is 5.68. The van der Waals surface area contributed by atoms with Crippen molar-refractivity contribution in [2.45, 2.75) is 12.5 Å². The minimum absolute atomic E-state index is 0.0380. The highest BCUT2D eigenvalue weighted by molar-refractivity contribution is 5.94. The van der Waals surface area contributed by atoms with E-state index in [2.05, 4.69) is 15.3 Å². The van der Waals surface area contributed by atoms with Crippen LogP contribution in [0, 0.1) is 0 Å². The lowest BCUT2D eigenvalue weighted by Gasteiger charge is -2.32. The first-order valence-corrected chi connectivity index (χ1v) is 10.8. The summed E-state index contributed by atoms with van der Waals surface area (Å²) in [5.41, 5.74) is 3.48. The SMILES string of the molecule is CNc1cc(C(=O)N2CCO[C@H](c3ccc(Cc4cc(OC)ccc4OC)cn3)C2)ccn1. The van der Waals surface area contributed by atoms with Gasteiger partial charge in [-0.3, -0.25) is 9.78 Å². The summed E-state index contributed by atoms with van der Waals surface area (Å²) in [6.07, 6.45) is 3.88. The molecule has 0 saturated carbocycles. The number of benzene rings is 1. The van der Waals surface area contributed by atoms with Crippen molar-refractivity contribution >= 4 is 11.7 Å². The van der Waals surface area contributed by atoms with Crippen molar-refractivity contribution in [3.63, 3.8) is 0 Å². The zero-order chi connectivity index (χ0) is 23.2. The van der Waals surface area contributed by atoms with Gasteiger partial charge in [-0.2, -0.15) is 0 Å². The van der Waals surface area contributed by atoms with E-state index in [1.165, 1.54) is 0 Å². The van der Waals surface area contributed by atoms with E-state index >= 15 is 0 Å². The number of methoxy groups -OCH3 is 2. The van der Waals surface area contributed by atoms with Gasteiger partial charge in [-0.05, 0) is 42.0 Å². The van der Waals surface area contributed by atoms with Crippen molar-refractivity contribution in [3.8, 4) is 11.5 Å². The van der Waals surface area contributed by atoms with Gasteiger partial charge in [0.2, 0.25) is 0 Å². The molecule has 1 amide bonds. The lowest BCUT2D eigenvalue weighted by molar-refractivity contribution is -0.0247. The first-order valence-electron chi connectivity index (χ1n) is 10.8. The molecule has 1 N–H and O–H groups in total. The van der Waals surface area contributed by atoms with Crippen LogP contribution >= 0.6 is 0 Å². The van der Waals surface area contributed by atoms with E-state index in [-0.39, 0.29) is 12.0 Å². The molecular weight excluding hydrogens is 420 g/mol. The van der Waals surface area contributed by atoms with Gasteiger partial charge in [0.15, 0.2) is 0 Å². The molecule has 2 aromatic heterocycles. The summed E-state index contributed by atoms with van der Waals surface area (Å²) in [7, 11) is 5.08. The second-order valence-corrected chi connectivity index (χ2v) is 7.74. The van der Waals surface area contributed by atoms with Crippen molar-refractivity contribution in [3.05, 3.63) is 77.2 Å². The Labute approximate surface area is 193 Å². The molecule has 3 aromatic rings. The van der Waals surface area contributed by atoms with Gasteiger partial charge in [-0.15, -0.1) is 0 Å². The third-order valence-electron chi connectivity index (χ3n) is 5.68. The minimum atomic E-state index is -0.270. The van der Waals surface area contributed by atoms with Gasteiger partial charge in [0, 0.05) is 43.5 Å². The highest BCUT2D eigenvalue weighted by Gasteiger charge is 2.27. The normalized spacial score (nSPS) is 15.7. The van der Waals surface area contributed by atoms with Gasteiger partial charge in [-0.1, -0.05) is 6.07 Å². The van der Waals surface area contributed by atoms with Crippen molar-refractivity contribution in [2.24, 2.45) is 0 Å². The van der Waals surface area contributed by atoms with Crippen LogP contribution in [0.2, 0.25) is 0 Å². The summed E-state index contributed by atoms with van der Waals surface area (Å²) in [4.78, 5) is 23.6. The Morgan fingerprint density at radius 3 is 2.76 bits per heavy atom. The van der Waals surface area contributed by atoms with E-state index in [4.69, 9.17) is 14.2 Å². The summed E-state index contributed by atoms with van der Waals surface area (Å²) in [5.74, 6) is 2.22. The van der Waals surface area contributed by atoms with Crippen LogP contribution in [0.25, 0.3) is 0 Å².